The Labute approximate surface area is 119 Å². The Morgan fingerprint density at radius 1 is 1.55 bits per heavy atom. The molecule has 2 amide bonds. The first-order valence-electron chi connectivity index (χ1n) is 6.25. The lowest BCUT2D eigenvalue weighted by molar-refractivity contribution is -0.137. The highest BCUT2D eigenvalue weighted by molar-refractivity contribution is 7.13. The molecule has 7 heteroatoms. The Balaban J connectivity index is 1.66. The van der Waals surface area contributed by atoms with Gasteiger partial charge in [-0.05, 0) is 12.1 Å². The summed E-state index contributed by atoms with van der Waals surface area (Å²) in [6.45, 7) is 1.20. The largest absolute Gasteiger partial charge is 0.462 e. The normalized spacial score (nSPS) is 15.2. The second-order valence-corrected chi connectivity index (χ2v) is 5.32. The topological polar surface area (TPSA) is 75.4 Å². The molecule has 1 fully saturated rings. The van der Waals surface area contributed by atoms with Crippen molar-refractivity contribution in [1.82, 2.24) is 15.2 Å². The molecule has 0 radical (unpaired) electrons. The van der Waals surface area contributed by atoms with E-state index >= 15 is 0 Å². The Bertz CT molecular complexity index is 621. The van der Waals surface area contributed by atoms with Crippen LogP contribution in [0.15, 0.2) is 28.2 Å². The van der Waals surface area contributed by atoms with Gasteiger partial charge in [0.2, 0.25) is 11.8 Å². The first-order valence-corrected chi connectivity index (χ1v) is 7.13. The summed E-state index contributed by atoms with van der Waals surface area (Å²) in [5.74, 6) is 0.515. The molecule has 0 aromatic carbocycles. The minimum Gasteiger partial charge on any atom is -0.462 e. The molecule has 1 aliphatic rings. The number of piperazine rings is 1. The summed E-state index contributed by atoms with van der Waals surface area (Å²) in [7, 11) is 0. The van der Waals surface area contributed by atoms with Crippen LogP contribution in [0.4, 0.5) is 0 Å². The Morgan fingerprint density at radius 2 is 2.45 bits per heavy atom. The molecular formula is C13H13N3O3S. The van der Waals surface area contributed by atoms with Gasteiger partial charge in [0.1, 0.15) is 0 Å². The summed E-state index contributed by atoms with van der Waals surface area (Å²) < 4.78 is 5.27. The molecule has 2 aromatic heterocycles. The second-order valence-electron chi connectivity index (χ2n) is 4.46. The number of rotatable bonds is 3. The Hall–Kier alpha value is -2.15. The van der Waals surface area contributed by atoms with E-state index in [1.54, 1.807) is 17.2 Å². The Kier molecular flexibility index (Phi) is 3.51. The maximum Gasteiger partial charge on any atom is 0.239 e. The van der Waals surface area contributed by atoms with Crippen molar-refractivity contribution < 1.29 is 14.0 Å². The number of nitrogens with zero attached hydrogens (tertiary/aromatic N) is 2. The quantitative estimate of drug-likeness (QED) is 0.912. The van der Waals surface area contributed by atoms with Gasteiger partial charge in [0.25, 0.3) is 0 Å². The van der Waals surface area contributed by atoms with E-state index < -0.39 is 0 Å². The number of thiazole rings is 1. The fourth-order valence-electron chi connectivity index (χ4n) is 2.02. The molecule has 3 rings (SSSR count). The monoisotopic (exact) mass is 291 g/mol. The summed E-state index contributed by atoms with van der Waals surface area (Å²) in [5.41, 5.74) is 0.706. The van der Waals surface area contributed by atoms with Crippen molar-refractivity contribution in [2.24, 2.45) is 0 Å². The molecule has 1 aliphatic heterocycles. The van der Waals surface area contributed by atoms with E-state index in [1.165, 1.54) is 11.3 Å². The first-order chi connectivity index (χ1) is 9.72. The average molecular weight is 291 g/mol. The second kappa shape index (κ2) is 5.46. The molecule has 0 unspecified atom stereocenters. The van der Waals surface area contributed by atoms with Crippen LogP contribution >= 0.6 is 11.3 Å². The highest BCUT2D eigenvalue weighted by Gasteiger charge is 2.22. The molecule has 0 atom stereocenters. The van der Waals surface area contributed by atoms with Crippen LogP contribution in [0.1, 0.15) is 5.69 Å². The van der Waals surface area contributed by atoms with E-state index in [0.29, 0.717) is 24.5 Å². The van der Waals surface area contributed by atoms with E-state index in [2.05, 4.69) is 10.3 Å². The van der Waals surface area contributed by atoms with Gasteiger partial charge in [-0.3, -0.25) is 9.59 Å². The van der Waals surface area contributed by atoms with Crippen molar-refractivity contribution in [3.05, 3.63) is 29.5 Å². The lowest BCUT2D eigenvalue weighted by Crippen LogP contribution is -2.50. The fourth-order valence-corrected chi connectivity index (χ4v) is 2.81. The van der Waals surface area contributed by atoms with Crippen LogP contribution in [0, 0.1) is 0 Å². The number of hydrogen-bond acceptors (Lipinski definition) is 5. The van der Waals surface area contributed by atoms with E-state index in [9.17, 15) is 9.59 Å². The first kappa shape index (κ1) is 12.9. The van der Waals surface area contributed by atoms with Crippen LogP contribution in [0.25, 0.3) is 10.8 Å². The number of aromatic nitrogens is 1. The van der Waals surface area contributed by atoms with Gasteiger partial charge in [0.15, 0.2) is 10.8 Å². The van der Waals surface area contributed by atoms with Crippen molar-refractivity contribution in [1.29, 1.82) is 0 Å². The molecule has 0 spiro atoms. The molecule has 0 aliphatic carbocycles. The number of amides is 2. The SMILES string of the molecule is O=C1CN(C(=O)Cc2csc(-c3ccco3)n2)CCN1. The van der Waals surface area contributed by atoms with Gasteiger partial charge < -0.3 is 14.6 Å². The minimum atomic E-state index is -0.112. The lowest BCUT2D eigenvalue weighted by atomic mass is 10.2. The summed E-state index contributed by atoms with van der Waals surface area (Å²) >= 11 is 1.44. The van der Waals surface area contributed by atoms with Gasteiger partial charge in [-0.15, -0.1) is 11.3 Å². The van der Waals surface area contributed by atoms with Gasteiger partial charge in [0.05, 0.1) is 24.9 Å². The summed E-state index contributed by atoms with van der Waals surface area (Å²) in [4.78, 5) is 29.3. The van der Waals surface area contributed by atoms with Gasteiger partial charge in [-0.2, -0.15) is 0 Å². The van der Waals surface area contributed by atoms with Crippen LogP contribution in [0.5, 0.6) is 0 Å². The number of carbonyl (C=O) groups excluding carboxylic acids is 2. The number of hydrogen-bond donors (Lipinski definition) is 1. The molecule has 3 heterocycles. The van der Waals surface area contributed by atoms with Gasteiger partial charge >= 0.3 is 0 Å². The third kappa shape index (κ3) is 2.72. The number of carbonyl (C=O) groups is 2. The van der Waals surface area contributed by atoms with Crippen molar-refractivity contribution in [3.8, 4) is 10.8 Å². The van der Waals surface area contributed by atoms with E-state index in [0.717, 1.165) is 5.01 Å². The van der Waals surface area contributed by atoms with Crippen molar-refractivity contribution in [2.45, 2.75) is 6.42 Å². The zero-order valence-electron chi connectivity index (χ0n) is 10.7. The highest BCUT2D eigenvalue weighted by Crippen LogP contribution is 2.24. The molecule has 0 bridgehead atoms. The standard InChI is InChI=1S/C13H13N3O3S/c17-11-7-16(4-3-14-11)12(18)6-9-8-20-13(15-9)10-2-1-5-19-10/h1-2,5,8H,3-4,6-7H2,(H,14,17). The molecule has 1 N–H and O–H groups in total. The van der Waals surface area contributed by atoms with E-state index in [-0.39, 0.29) is 24.8 Å². The van der Waals surface area contributed by atoms with Gasteiger partial charge in [0, 0.05) is 18.5 Å². The molecule has 6 nitrogen and oxygen atoms in total. The van der Waals surface area contributed by atoms with Crippen LogP contribution in [-0.2, 0) is 16.0 Å². The molecule has 20 heavy (non-hydrogen) atoms. The molecule has 2 aromatic rings. The third-order valence-electron chi connectivity index (χ3n) is 3.01. The van der Waals surface area contributed by atoms with Crippen molar-refractivity contribution in [2.75, 3.05) is 19.6 Å². The number of nitrogens with one attached hydrogen (secondary N) is 1. The predicted octanol–water partition coefficient (Wildman–Crippen LogP) is 0.904. The average Bonchev–Trinajstić information content (AvgIpc) is 3.08. The summed E-state index contributed by atoms with van der Waals surface area (Å²) in [6, 6.07) is 3.63. The van der Waals surface area contributed by atoms with Gasteiger partial charge in [-0.25, -0.2) is 4.98 Å². The van der Waals surface area contributed by atoms with E-state index in [4.69, 9.17) is 4.42 Å². The van der Waals surface area contributed by atoms with Crippen LogP contribution in [-0.4, -0.2) is 41.3 Å². The maximum atomic E-state index is 12.1. The smallest absolute Gasteiger partial charge is 0.239 e. The summed E-state index contributed by atoms with van der Waals surface area (Å²) in [5, 5.41) is 5.30. The van der Waals surface area contributed by atoms with Crippen molar-refractivity contribution in [3.63, 3.8) is 0 Å². The lowest BCUT2D eigenvalue weighted by Gasteiger charge is -2.26. The third-order valence-corrected chi connectivity index (χ3v) is 3.91. The van der Waals surface area contributed by atoms with Crippen LogP contribution < -0.4 is 5.32 Å². The minimum absolute atomic E-state index is 0.0730. The Morgan fingerprint density at radius 3 is 3.20 bits per heavy atom. The fraction of sp³-hybridized carbons (Fsp3) is 0.308. The van der Waals surface area contributed by atoms with E-state index in [1.807, 2.05) is 11.4 Å². The zero-order valence-corrected chi connectivity index (χ0v) is 11.5. The van der Waals surface area contributed by atoms with Crippen LogP contribution in [0.3, 0.4) is 0 Å². The van der Waals surface area contributed by atoms with Gasteiger partial charge in [-0.1, -0.05) is 0 Å². The predicted molar refractivity (Wildman–Crippen MR) is 73.1 cm³/mol. The van der Waals surface area contributed by atoms with Crippen molar-refractivity contribution >= 4 is 23.2 Å². The number of furan rings is 1. The molecular weight excluding hydrogens is 278 g/mol. The maximum absolute atomic E-state index is 12.1. The highest BCUT2D eigenvalue weighted by atomic mass is 32.1. The van der Waals surface area contributed by atoms with Crippen LogP contribution in [0.2, 0.25) is 0 Å². The summed E-state index contributed by atoms with van der Waals surface area (Å²) in [6.07, 6.45) is 1.80. The molecule has 104 valence electrons. The molecule has 1 saturated heterocycles. The molecule has 0 saturated carbocycles. The zero-order chi connectivity index (χ0) is 13.9.